The van der Waals surface area contributed by atoms with Crippen LogP contribution in [0.1, 0.15) is 61.5 Å². The van der Waals surface area contributed by atoms with Crippen molar-refractivity contribution in [3.05, 3.63) is 22.9 Å². The number of alkyl halides is 1. The molecule has 1 aromatic heterocycles. The highest BCUT2D eigenvalue weighted by atomic mass is 19.1. The van der Waals surface area contributed by atoms with Gasteiger partial charge in [-0.3, -0.25) is 9.69 Å². The number of halogens is 1. The molecule has 1 saturated carbocycles. The van der Waals surface area contributed by atoms with Gasteiger partial charge in [0.2, 0.25) is 6.29 Å². The van der Waals surface area contributed by atoms with E-state index >= 15 is 4.39 Å². The molecule has 3 aliphatic rings. The number of aldehydes is 1. The van der Waals surface area contributed by atoms with E-state index in [0.29, 0.717) is 6.29 Å². The predicted octanol–water partition coefficient (Wildman–Crippen LogP) is 3.27. The molecule has 0 aromatic carbocycles. The Morgan fingerprint density at radius 3 is 2.50 bits per heavy atom. The first-order valence-corrected chi connectivity index (χ1v) is 8.41. The fourth-order valence-corrected chi connectivity index (χ4v) is 3.46. The maximum absolute atomic E-state index is 15.1. The summed E-state index contributed by atoms with van der Waals surface area (Å²) in [6, 6.07) is 1.11. The quantitative estimate of drug-likeness (QED) is 0.601. The Morgan fingerprint density at radius 1 is 1.38 bits per heavy atom. The van der Waals surface area contributed by atoms with Crippen LogP contribution in [0.2, 0.25) is 0 Å². The second kappa shape index (κ2) is 6.28. The van der Waals surface area contributed by atoms with Gasteiger partial charge in [-0.15, -0.1) is 0 Å². The lowest BCUT2D eigenvalue weighted by Gasteiger charge is -2.52. The second-order valence-corrected chi connectivity index (χ2v) is 7.63. The van der Waals surface area contributed by atoms with Crippen molar-refractivity contribution in [1.82, 2.24) is 4.98 Å². The summed E-state index contributed by atoms with van der Waals surface area (Å²) < 4.78 is 31.0. The van der Waals surface area contributed by atoms with Crippen molar-refractivity contribution in [1.29, 1.82) is 0 Å². The van der Waals surface area contributed by atoms with Crippen LogP contribution in [-0.4, -0.2) is 43.2 Å². The number of nitrogens with zero attached hydrogens (tertiary/aromatic N) is 2. The SMILES string of the molecule is COC(OC)c1nc2c(cc1C=O)C1(F)CC(C1)N2C(=O)OC(C)(C)C. The molecule has 0 unspecified atom stereocenters. The number of aromatic nitrogens is 1. The van der Waals surface area contributed by atoms with E-state index in [2.05, 4.69) is 4.98 Å². The van der Waals surface area contributed by atoms with Gasteiger partial charge in [0.15, 0.2) is 6.29 Å². The molecule has 2 bridgehead atoms. The van der Waals surface area contributed by atoms with Gasteiger partial charge in [0.25, 0.3) is 0 Å². The lowest BCUT2D eigenvalue weighted by atomic mass is 9.68. The molecule has 1 aromatic rings. The monoisotopic (exact) mass is 366 g/mol. The van der Waals surface area contributed by atoms with Gasteiger partial charge >= 0.3 is 6.09 Å². The largest absolute Gasteiger partial charge is 0.443 e. The van der Waals surface area contributed by atoms with Crippen LogP contribution < -0.4 is 4.90 Å². The van der Waals surface area contributed by atoms with Crippen molar-refractivity contribution >= 4 is 18.2 Å². The highest BCUT2D eigenvalue weighted by Crippen LogP contribution is 2.56. The van der Waals surface area contributed by atoms with Crippen LogP contribution >= 0.6 is 0 Å². The summed E-state index contributed by atoms with van der Waals surface area (Å²) in [6.45, 7) is 5.28. The summed E-state index contributed by atoms with van der Waals surface area (Å²) >= 11 is 0. The molecule has 1 fully saturated rings. The molecule has 7 nitrogen and oxygen atoms in total. The third-order valence-electron chi connectivity index (χ3n) is 4.63. The molecule has 142 valence electrons. The third-order valence-corrected chi connectivity index (χ3v) is 4.63. The molecular formula is C18H23FN2O5. The molecule has 26 heavy (non-hydrogen) atoms. The summed E-state index contributed by atoms with van der Waals surface area (Å²) in [4.78, 5) is 30.0. The Kier molecular flexibility index (Phi) is 4.52. The second-order valence-electron chi connectivity index (χ2n) is 7.63. The van der Waals surface area contributed by atoms with Gasteiger partial charge in [0, 0.05) is 44.2 Å². The highest BCUT2D eigenvalue weighted by molar-refractivity contribution is 5.91. The zero-order valence-electron chi connectivity index (χ0n) is 15.5. The fraction of sp³-hybridized carbons (Fsp3) is 0.611. The molecule has 0 atom stereocenters. The topological polar surface area (TPSA) is 78.0 Å². The first-order chi connectivity index (χ1) is 12.1. The Morgan fingerprint density at radius 2 is 2.00 bits per heavy atom. The summed E-state index contributed by atoms with van der Waals surface area (Å²) in [5.41, 5.74) is -1.69. The predicted molar refractivity (Wildman–Crippen MR) is 90.9 cm³/mol. The third kappa shape index (κ3) is 2.97. The Bertz CT molecular complexity index is 736. The number of hydrogen-bond donors (Lipinski definition) is 0. The molecule has 0 spiro atoms. The first kappa shape index (κ1) is 18.7. The van der Waals surface area contributed by atoms with E-state index in [1.165, 1.54) is 25.2 Å². The van der Waals surface area contributed by atoms with Gasteiger partial charge in [-0.1, -0.05) is 0 Å². The van der Waals surface area contributed by atoms with Gasteiger partial charge in [-0.2, -0.15) is 0 Å². The number of rotatable bonds is 4. The van der Waals surface area contributed by atoms with Crippen LogP contribution in [0.5, 0.6) is 0 Å². The van der Waals surface area contributed by atoms with Crippen molar-refractivity contribution in [3.8, 4) is 0 Å². The molecule has 1 aliphatic carbocycles. The number of carbonyl (C=O) groups is 2. The summed E-state index contributed by atoms with van der Waals surface area (Å²) in [5.74, 6) is 0.156. The Hall–Kier alpha value is -2.06. The van der Waals surface area contributed by atoms with E-state index in [-0.39, 0.29) is 41.5 Å². The minimum absolute atomic E-state index is 0.156. The van der Waals surface area contributed by atoms with Crippen LogP contribution in [-0.2, 0) is 19.9 Å². The molecule has 4 rings (SSSR count). The standard InChI is InChI=1S/C18H23FN2O5/c1-17(2,3)26-16(23)21-11-7-18(19,8-11)12-6-10(9-22)13(20-14(12)21)15(24-4)25-5/h6,9,11,15H,7-8H2,1-5H3. The first-order valence-electron chi connectivity index (χ1n) is 8.41. The van der Waals surface area contributed by atoms with Crippen molar-refractivity contribution in [3.63, 3.8) is 0 Å². The maximum Gasteiger partial charge on any atom is 0.416 e. The van der Waals surface area contributed by atoms with Gasteiger partial charge in [0.1, 0.15) is 22.8 Å². The van der Waals surface area contributed by atoms with E-state index < -0.39 is 23.7 Å². The molecular weight excluding hydrogens is 343 g/mol. The average Bonchev–Trinajstić information content (AvgIpc) is 2.52. The fourth-order valence-electron chi connectivity index (χ4n) is 3.46. The van der Waals surface area contributed by atoms with Crippen LogP contribution in [0.25, 0.3) is 0 Å². The smallest absolute Gasteiger partial charge is 0.416 e. The highest BCUT2D eigenvalue weighted by Gasteiger charge is 2.58. The zero-order valence-corrected chi connectivity index (χ0v) is 15.5. The van der Waals surface area contributed by atoms with Crippen LogP contribution in [0.3, 0.4) is 0 Å². The van der Waals surface area contributed by atoms with Crippen molar-refractivity contribution in [2.45, 2.75) is 57.2 Å². The summed E-state index contributed by atoms with van der Waals surface area (Å²) in [5, 5.41) is 0. The zero-order chi connectivity index (χ0) is 19.3. The lowest BCUT2D eigenvalue weighted by Crippen LogP contribution is -2.59. The summed E-state index contributed by atoms with van der Waals surface area (Å²) in [7, 11) is 2.81. The average molecular weight is 366 g/mol. The number of carbonyl (C=O) groups excluding carboxylic acids is 2. The number of anilines is 1. The van der Waals surface area contributed by atoms with Crippen molar-refractivity contribution in [2.24, 2.45) is 0 Å². The van der Waals surface area contributed by atoms with E-state index in [1.807, 2.05) is 0 Å². The molecule has 8 heteroatoms. The lowest BCUT2D eigenvalue weighted by molar-refractivity contribution is -0.109. The van der Waals surface area contributed by atoms with Gasteiger partial charge < -0.3 is 14.2 Å². The molecule has 0 saturated heterocycles. The van der Waals surface area contributed by atoms with Gasteiger partial charge in [0.05, 0.1) is 0 Å². The van der Waals surface area contributed by atoms with Gasteiger partial charge in [-0.05, 0) is 26.8 Å². The number of methoxy groups -OCH3 is 2. The van der Waals surface area contributed by atoms with Crippen LogP contribution in [0.15, 0.2) is 6.07 Å². The number of ether oxygens (including phenoxy) is 3. The Labute approximate surface area is 151 Å². The van der Waals surface area contributed by atoms with Crippen LogP contribution in [0.4, 0.5) is 15.0 Å². The molecule has 2 aliphatic heterocycles. The van der Waals surface area contributed by atoms with Gasteiger partial charge in [-0.25, -0.2) is 14.2 Å². The molecule has 0 N–H and O–H groups in total. The molecule has 3 heterocycles. The van der Waals surface area contributed by atoms with E-state index in [1.54, 1.807) is 20.8 Å². The molecule has 1 amide bonds. The minimum Gasteiger partial charge on any atom is -0.443 e. The van der Waals surface area contributed by atoms with E-state index in [9.17, 15) is 9.59 Å². The molecule has 0 radical (unpaired) electrons. The van der Waals surface area contributed by atoms with Crippen LogP contribution in [0, 0.1) is 0 Å². The minimum atomic E-state index is -1.59. The van der Waals surface area contributed by atoms with E-state index in [0.717, 1.165) is 0 Å². The number of pyridine rings is 1. The van der Waals surface area contributed by atoms with E-state index in [4.69, 9.17) is 14.2 Å². The Balaban J connectivity index is 2.11. The number of amides is 1. The number of hydrogen-bond acceptors (Lipinski definition) is 6. The normalized spacial score (nSPS) is 24.1. The summed E-state index contributed by atoms with van der Waals surface area (Å²) in [6.07, 6.45) is -0.587. The van der Waals surface area contributed by atoms with Crippen molar-refractivity contribution < 1.29 is 28.2 Å². The van der Waals surface area contributed by atoms with Crippen molar-refractivity contribution in [2.75, 3.05) is 19.1 Å². The maximum atomic E-state index is 15.1.